The zero-order valence-electron chi connectivity index (χ0n) is 14.0. The average Bonchev–Trinajstić information content (AvgIpc) is 3.02. The Hall–Kier alpha value is -2.13. The van der Waals surface area contributed by atoms with Gasteiger partial charge in [-0.2, -0.15) is 5.26 Å². The highest BCUT2D eigenvalue weighted by Crippen LogP contribution is 2.40. The van der Waals surface area contributed by atoms with Gasteiger partial charge in [-0.3, -0.25) is 9.88 Å². The van der Waals surface area contributed by atoms with E-state index in [9.17, 15) is 10.1 Å². The van der Waals surface area contributed by atoms with Crippen molar-refractivity contribution in [1.29, 1.82) is 5.26 Å². The Labute approximate surface area is 142 Å². The third-order valence-corrected chi connectivity index (χ3v) is 5.49. The Morgan fingerprint density at radius 1 is 1.46 bits per heavy atom. The zero-order valence-corrected chi connectivity index (χ0v) is 14.0. The van der Waals surface area contributed by atoms with Gasteiger partial charge in [-0.1, -0.05) is 0 Å². The highest BCUT2D eigenvalue weighted by atomic mass is 16.4. The van der Waals surface area contributed by atoms with Gasteiger partial charge in [0.05, 0.1) is 17.2 Å². The molecule has 1 amide bonds. The summed E-state index contributed by atoms with van der Waals surface area (Å²) in [5.74, 6) is 0. The first-order chi connectivity index (χ1) is 11.5. The quantitative estimate of drug-likeness (QED) is 0.889. The number of hydrogen-bond donors (Lipinski definition) is 2. The molecule has 0 bridgehead atoms. The smallest absolute Gasteiger partial charge is 0.404 e. The minimum Gasteiger partial charge on any atom is -0.465 e. The SMILES string of the molecule is Cc1ccnc(C2(C#N)CCC(N3CC[C@H](NC(=O)O)C3)CC2)c1. The van der Waals surface area contributed by atoms with Crippen LogP contribution in [-0.4, -0.2) is 46.3 Å². The van der Waals surface area contributed by atoms with Crippen molar-refractivity contribution in [2.75, 3.05) is 13.1 Å². The number of aromatic nitrogens is 1. The number of nitrogens with zero attached hydrogens (tertiary/aromatic N) is 3. The molecule has 0 aromatic carbocycles. The number of pyridine rings is 1. The lowest BCUT2D eigenvalue weighted by atomic mass is 9.70. The Bertz CT molecular complexity index is 647. The van der Waals surface area contributed by atoms with E-state index in [0.29, 0.717) is 6.04 Å². The van der Waals surface area contributed by atoms with E-state index in [0.717, 1.165) is 56.5 Å². The Kier molecular flexibility index (Phi) is 4.72. The van der Waals surface area contributed by atoms with Gasteiger partial charge in [0.2, 0.25) is 0 Å². The molecule has 1 aliphatic heterocycles. The number of rotatable bonds is 3. The second-order valence-corrected chi connectivity index (χ2v) is 7.07. The van der Waals surface area contributed by atoms with Crippen LogP contribution < -0.4 is 5.32 Å². The lowest BCUT2D eigenvalue weighted by Gasteiger charge is -2.38. The van der Waals surface area contributed by atoms with Gasteiger partial charge in [-0.05, 0) is 56.7 Å². The summed E-state index contributed by atoms with van der Waals surface area (Å²) in [5, 5.41) is 21.2. The van der Waals surface area contributed by atoms with Crippen LogP contribution in [0.2, 0.25) is 0 Å². The van der Waals surface area contributed by atoms with Crippen LogP contribution in [0.3, 0.4) is 0 Å². The van der Waals surface area contributed by atoms with Crippen molar-refractivity contribution < 1.29 is 9.90 Å². The monoisotopic (exact) mass is 328 g/mol. The van der Waals surface area contributed by atoms with Crippen LogP contribution >= 0.6 is 0 Å². The summed E-state index contributed by atoms with van der Waals surface area (Å²) in [7, 11) is 0. The van der Waals surface area contributed by atoms with Crippen molar-refractivity contribution in [2.45, 2.75) is 56.5 Å². The van der Waals surface area contributed by atoms with Crippen LogP contribution in [0.15, 0.2) is 18.3 Å². The molecule has 1 atom stereocenters. The van der Waals surface area contributed by atoms with Gasteiger partial charge < -0.3 is 10.4 Å². The van der Waals surface area contributed by atoms with Crippen LogP contribution in [0.5, 0.6) is 0 Å². The topological polar surface area (TPSA) is 89.3 Å². The fourth-order valence-electron chi connectivity index (χ4n) is 4.09. The fraction of sp³-hybridized carbons (Fsp3) is 0.611. The molecule has 2 N–H and O–H groups in total. The highest BCUT2D eigenvalue weighted by Gasteiger charge is 2.41. The first-order valence-corrected chi connectivity index (χ1v) is 8.60. The Balaban J connectivity index is 1.63. The largest absolute Gasteiger partial charge is 0.465 e. The normalized spacial score (nSPS) is 30.7. The predicted molar refractivity (Wildman–Crippen MR) is 89.7 cm³/mol. The molecule has 1 aromatic heterocycles. The van der Waals surface area contributed by atoms with E-state index in [-0.39, 0.29) is 6.04 Å². The molecule has 0 unspecified atom stereocenters. The van der Waals surface area contributed by atoms with Gasteiger partial charge in [0.15, 0.2) is 0 Å². The van der Waals surface area contributed by atoms with Gasteiger partial charge >= 0.3 is 6.09 Å². The third-order valence-electron chi connectivity index (χ3n) is 5.49. The molecule has 6 nitrogen and oxygen atoms in total. The minimum atomic E-state index is -0.945. The first kappa shape index (κ1) is 16.7. The molecule has 1 aromatic rings. The average molecular weight is 328 g/mol. The number of hydrogen-bond acceptors (Lipinski definition) is 4. The van der Waals surface area contributed by atoms with E-state index >= 15 is 0 Å². The van der Waals surface area contributed by atoms with Crippen LogP contribution in [0.4, 0.5) is 4.79 Å². The minimum absolute atomic E-state index is 0.0311. The van der Waals surface area contributed by atoms with E-state index in [2.05, 4.69) is 21.3 Å². The molecule has 6 heteroatoms. The van der Waals surface area contributed by atoms with Gasteiger partial charge in [-0.15, -0.1) is 0 Å². The molecule has 3 rings (SSSR count). The molecule has 1 saturated heterocycles. The number of nitriles is 1. The highest BCUT2D eigenvalue weighted by molar-refractivity contribution is 5.64. The van der Waals surface area contributed by atoms with E-state index in [4.69, 9.17) is 5.11 Å². The maximum Gasteiger partial charge on any atom is 0.404 e. The summed E-state index contributed by atoms with van der Waals surface area (Å²) >= 11 is 0. The van der Waals surface area contributed by atoms with E-state index in [1.807, 2.05) is 19.1 Å². The summed E-state index contributed by atoms with van der Waals surface area (Å²) in [6, 6.07) is 7.00. The second kappa shape index (κ2) is 6.78. The number of carboxylic acid groups (broad SMARTS) is 1. The molecule has 2 heterocycles. The van der Waals surface area contributed by atoms with Crippen molar-refractivity contribution in [3.05, 3.63) is 29.6 Å². The summed E-state index contributed by atoms with van der Waals surface area (Å²) < 4.78 is 0. The van der Waals surface area contributed by atoms with Crippen LogP contribution in [0, 0.1) is 18.3 Å². The van der Waals surface area contributed by atoms with Gasteiger partial charge in [0, 0.05) is 31.4 Å². The number of amides is 1. The summed E-state index contributed by atoms with van der Waals surface area (Å²) in [4.78, 5) is 17.6. The fourth-order valence-corrected chi connectivity index (χ4v) is 4.09. The summed E-state index contributed by atoms with van der Waals surface area (Å²) in [5.41, 5.74) is 1.56. The Morgan fingerprint density at radius 3 is 2.83 bits per heavy atom. The maximum atomic E-state index is 10.8. The van der Waals surface area contributed by atoms with Crippen LogP contribution in [-0.2, 0) is 5.41 Å². The lowest BCUT2D eigenvalue weighted by molar-refractivity contribution is 0.158. The molecule has 24 heavy (non-hydrogen) atoms. The number of carbonyl (C=O) groups is 1. The summed E-state index contributed by atoms with van der Waals surface area (Å²) in [6.07, 6.45) is 5.27. The molecule has 1 aliphatic carbocycles. The third kappa shape index (κ3) is 3.36. The number of aryl methyl sites for hydroxylation is 1. The predicted octanol–water partition coefficient (Wildman–Crippen LogP) is 2.44. The van der Waals surface area contributed by atoms with Crippen molar-refractivity contribution in [3.8, 4) is 6.07 Å². The van der Waals surface area contributed by atoms with Gasteiger partial charge in [0.1, 0.15) is 0 Å². The van der Waals surface area contributed by atoms with Crippen LogP contribution in [0.25, 0.3) is 0 Å². The molecule has 0 spiro atoms. The van der Waals surface area contributed by atoms with Gasteiger partial charge in [-0.25, -0.2) is 4.79 Å². The number of likely N-dealkylation sites (tertiary alicyclic amines) is 1. The van der Waals surface area contributed by atoms with Crippen molar-refractivity contribution in [2.24, 2.45) is 0 Å². The lowest BCUT2D eigenvalue weighted by Crippen LogP contribution is -2.43. The van der Waals surface area contributed by atoms with Crippen LogP contribution in [0.1, 0.15) is 43.4 Å². The van der Waals surface area contributed by atoms with Crippen molar-refractivity contribution in [1.82, 2.24) is 15.2 Å². The summed E-state index contributed by atoms with van der Waals surface area (Å²) in [6.45, 7) is 3.73. The van der Waals surface area contributed by atoms with Crippen molar-refractivity contribution in [3.63, 3.8) is 0 Å². The second-order valence-electron chi connectivity index (χ2n) is 7.07. The van der Waals surface area contributed by atoms with Crippen molar-refractivity contribution >= 4 is 6.09 Å². The molecule has 0 radical (unpaired) electrons. The van der Waals surface area contributed by atoms with E-state index < -0.39 is 11.5 Å². The molecular formula is C18H24N4O2. The molecule has 2 fully saturated rings. The molecule has 128 valence electrons. The maximum absolute atomic E-state index is 10.8. The molecular weight excluding hydrogens is 304 g/mol. The van der Waals surface area contributed by atoms with Gasteiger partial charge in [0.25, 0.3) is 0 Å². The number of nitrogens with one attached hydrogen (secondary N) is 1. The zero-order chi connectivity index (χ0) is 17.2. The molecule has 1 saturated carbocycles. The standard InChI is InChI=1S/C18H24N4O2/c1-13-4-8-20-16(10-13)18(12-19)6-2-15(3-7-18)22-9-5-14(11-22)21-17(23)24/h4,8,10,14-15,21H,2-3,5-7,9,11H2,1H3,(H,23,24)/t14-,15?,18?/m0/s1. The van der Waals surface area contributed by atoms with E-state index in [1.165, 1.54) is 0 Å². The Morgan fingerprint density at radius 2 is 2.21 bits per heavy atom. The van der Waals surface area contributed by atoms with E-state index in [1.54, 1.807) is 6.20 Å². The first-order valence-electron chi connectivity index (χ1n) is 8.60. The molecule has 2 aliphatic rings.